The number of rotatable bonds is 5. The molecule has 0 amide bonds. The lowest BCUT2D eigenvalue weighted by Crippen LogP contribution is -2.28. The fraction of sp³-hybridized carbons (Fsp3) is 0.500. The molecule has 6 heteroatoms. The van der Waals surface area contributed by atoms with Crippen LogP contribution in [0.4, 0.5) is 13.2 Å². The lowest BCUT2D eigenvalue weighted by atomic mass is 10.1. The number of ether oxygens (including phenoxy) is 1. The highest BCUT2D eigenvalue weighted by atomic mass is 19.4. The average Bonchev–Trinajstić information content (AvgIpc) is 2.27. The van der Waals surface area contributed by atoms with Crippen molar-refractivity contribution in [2.45, 2.75) is 19.3 Å². The summed E-state index contributed by atoms with van der Waals surface area (Å²) in [6, 6.07) is 5.97. The number of nitrogens with two attached hydrogens (primary N) is 1. The lowest BCUT2D eigenvalue weighted by molar-refractivity contribution is -0.274. The van der Waals surface area contributed by atoms with E-state index in [-0.39, 0.29) is 11.8 Å². The van der Waals surface area contributed by atoms with Crippen LogP contribution in [0.5, 0.6) is 5.75 Å². The van der Waals surface area contributed by atoms with Crippen molar-refractivity contribution in [3.8, 4) is 5.75 Å². The maximum atomic E-state index is 12.0. The fourth-order valence-corrected chi connectivity index (χ4v) is 1.60. The molecule has 3 nitrogen and oxygen atoms in total. The van der Waals surface area contributed by atoms with E-state index in [1.807, 2.05) is 18.9 Å². The van der Waals surface area contributed by atoms with Gasteiger partial charge in [-0.25, -0.2) is 0 Å². The van der Waals surface area contributed by atoms with Crippen LogP contribution in [-0.2, 0) is 0 Å². The first-order chi connectivity index (χ1) is 8.33. The van der Waals surface area contributed by atoms with E-state index in [2.05, 4.69) is 4.74 Å². The zero-order valence-electron chi connectivity index (χ0n) is 10.4. The highest BCUT2D eigenvalue weighted by Gasteiger charge is 2.31. The van der Waals surface area contributed by atoms with Crippen molar-refractivity contribution < 1.29 is 17.9 Å². The largest absolute Gasteiger partial charge is 0.573 e. The van der Waals surface area contributed by atoms with Gasteiger partial charge in [0.25, 0.3) is 0 Å². The van der Waals surface area contributed by atoms with Crippen molar-refractivity contribution in [1.82, 2.24) is 4.90 Å². The Labute approximate surface area is 104 Å². The molecule has 0 aliphatic rings. The van der Waals surface area contributed by atoms with Gasteiger partial charge in [-0.05, 0) is 31.7 Å². The SMILES string of the molecule is CC(c1ccc(OC(F)(F)F)cc1)N(C)CCN. The third kappa shape index (κ3) is 4.54. The molecule has 1 atom stereocenters. The normalized spacial score (nSPS) is 13.7. The van der Waals surface area contributed by atoms with E-state index in [0.717, 1.165) is 12.1 Å². The van der Waals surface area contributed by atoms with Crippen LogP contribution < -0.4 is 10.5 Å². The third-order valence-corrected chi connectivity index (χ3v) is 2.74. The van der Waals surface area contributed by atoms with Gasteiger partial charge >= 0.3 is 6.36 Å². The van der Waals surface area contributed by atoms with E-state index in [1.165, 1.54) is 12.1 Å². The van der Waals surface area contributed by atoms with Crippen LogP contribution in [0.2, 0.25) is 0 Å². The second kappa shape index (κ2) is 6.06. The summed E-state index contributed by atoms with van der Waals surface area (Å²) in [6.45, 7) is 3.23. The number of hydrogen-bond donors (Lipinski definition) is 1. The van der Waals surface area contributed by atoms with Crippen LogP contribution in [0.15, 0.2) is 24.3 Å². The predicted octanol–water partition coefficient (Wildman–Crippen LogP) is 2.54. The molecule has 0 heterocycles. The highest BCUT2D eigenvalue weighted by Crippen LogP contribution is 2.25. The maximum absolute atomic E-state index is 12.0. The molecule has 0 fully saturated rings. The minimum atomic E-state index is -4.65. The van der Waals surface area contributed by atoms with Crippen LogP contribution in [0.1, 0.15) is 18.5 Å². The van der Waals surface area contributed by atoms with E-state index < -0.39 is 6.36 Å². The minimum absolute atomic E-state index is 0.0912. The van der Waals surface area contributed by atoms with E-state index in [0.29, 0.717) is 6.54 Å². The van der Waals surface area contributed by atoms with Crippen LogP contribution in [0.25, 0.3) is 0 Å². The molecule has 1 aromatic carbocycles. The maximum Gasteiger partial charge on any atom is 0.573 e. The van der Waals surface area contributed by atoms with E-state index in [4.69, 9.17) is 5.73 Å². The topological polar surface area (TPSA) is 38.5 Å². The van der Waals surface area contributed by atoms with Gasteiger partial charge in [0.1, 0.15) is 5.75 Å². The first kappa shape index (κ1) is 14.8. The van der Waals surface area contributed by atoms with Gasteiger partial charge in [-0.2, -0.15) is 0 Å². The first-order valence-electron chi connectivity index (χ1n) is 5.59. The zero-order chi connectivity index (χ0) is 13.8. The third-order valence-electron chi connectivity index (χ3n) is 2.74. The summed E-state index contributed by atoms with van der Waals surface area (Å²) in [5.74, 6) is -0.208. The molecule has 0 bridgehead atoms. The van der Waals surface area contributed by atoms with E-state index in [9.17, 15) is 13.2 Å². The molecule has 0 spiro atoms. The number of nitrogens with zero attached hydrogens (tertiary/aromatic N) is 1. The molecular weight excluding hydrogens is 245 g/mol. The number of likely N-dealkylation sites (N-methyl/N-ethyl adjacent to an activating group) is 1. The number of halogens is 3. The molecule has 0 saturated carbocycles. The standard InChI is InChI=1S/C12H17F3N2O/c1-9(17(2)8-7-16)10-3-5-11(6-4-10)18-12(13,14)15/h3-6,9H,7-8,16H2,1-2H3. The molecule has 2 N–H and O–H groups in total. The molecule has 0 saturated heterocycles. The van der Waals surface area contributed by atoms with E-state index in [1.54, 1.807) is 12.1 Å². The monoisotopic (exact) mass is 262 g/mol. The molecular formula is C12H17F3N2O. The van der Waals surface area contributed by atoms with Crippen LogP contribution in [0, 0.1) is 0 Å². The van der Waals surface area contributed by atoms with Gasteiger partial charge in [-0.15, -0.1) is 13.2 Å². The Morgan fingerprint density at radius 2 is 1.83 bits per heavy atom. The van der Waals surface area contributed by atoms with Crippen LogP contribution in [-0.4, -0.2) is 31.4 Å². The van der Waals surface area contributed by atoms with Gasteiger partial charge in [0.05, 0.1) is 0 Å². The summed E-state index contributed by atoms with van der Waals surface area (Å²) < 4.78 is 39.8. The molecule has 0 aliphatic heterocycles. The van der Waals surface area contributed by atoms with Gasteiger partial charge in [0, 0.05) is 19.1 Å². The fourth-order valence-electron chi connectivity index (χ4n) is 1.60. The zero-order valence-corrected chi connectivity index (χ0v) is 10.4. The Bertz CT molecular complexity index is 365. The summed E-state index contributed by atoms with van der Waals surface area (Å²) in [5.41, 5.74) is 6.37. The Balaban J connectivity index is 2.70. The van der Waals surface area contributed by atoms with Crippen LogP contribution in [0.3, 0.4) is 0 Å². The van der Waals surface area contributed by atoms with Crippen molar-refractivity contribution in [3.63, 3.8) is 0 Å². The number of alkyl halides is 3. The van der Waals surface area contributed by atoms with Gasteiger partial charge in [0.15, 0.2) is 0 Å². The van der Waals surface area contributed by atoms with Crippen molar-refractivity contribution in [2.24, 2.45) is 5.73 Å². The minimum Gasteiger partial charge on any atom is -0.406 e. The quantitative estimate of drug-likeness (QED) is 0.886. The molecule has 0 aliphatic carbocycles. The summed E-state index contributed by atoms with van der Waals surface area (Å²) in [5, 5.41) is 0. The average molecular weight is 262 g/mol. The smallest absolute Gasteiger partial charge is 0.406 e. The molecule has 1 aromatic rings. The van der Waals surface area contributed by atoms with E-state index >= 15 is 0 Å². The Kier molecular flexibility index (Phi) is 4.98. The predicted molar refractivity (Wildman–Crippen MR) is 63.2 cm³/mol. The van der Waals surface area contributed by atoms with Crippen molar-refractivity contribution in [2.75, 3.05) is 20.1 Å². The highest BCUT2D eigenvalue weighted by molar-refractivity contribution is 5.29. The Hall–Kier alpha value is -1.27. The van der Waals surface area contributed by atoms with Crippen molar-refractivity contribution in [3.05, 3.63) is 29.8 Å². The van der Waals surface area contributed by atoms with Crippen molar-refractivity contribution >= 4 is 0 Å². The summed E-state index contributed by atoms with van der Waals surface area (Å²) >= 11 is 0. The summed E-state index contributed by atoms with van der Waals surface area (Å²) in [6.07, 6.45) is -4.65. The lowest BCUT2D eigenvalue weighted by Gasteiger charge is -2.24. The molecule has 1 rings (SSSR count). The molecule has 0 radical (unpaired) electrons. The Morgan fingerprint density at radius 3 is 2.28 bits per heavy atom. The Morgan fingerprint density at radius 1 is 1.28 bits per heavy atom. The molecule has 18 heavy (non-hydrogen) atoms. The van der Waals surface area contributed by atoms with Gasteiger partial charge < -0.3 is 10.5 Å². The van der Waals surface area contributed by atoms with Crippen molar-refractivity contribution in [1.29, 1.82) is 0 Å². The number of benzene rings is 1. The van der Waals surface area contributed by atoms with Crippen LogP contribution >= 0.6 is 0 Å². The molecule has 102 valence electrons. The number of hydrogen-bond acceptors (Lipinski definition) is 3. The summed E-state index contributed by atoms with van der Waals surface area (Å²) in [7, 11) is 1.91. The second-order valence-electron chi connectivity index (χ2n) is 4.06. The first-order valence-corrected chi connectivity index (χ1v) is 5.59. The second-order valence-corrected chi connectivity index (χ2v) is 4.06. The molecule has 1 unspecified atom stereocenters. The van der Waals surface area contributed by atoms with Gasteiger partial charge in [0.2, 0.25) is 0 Å². The summed E-state index contributed by atoms with van der Waals surface area (Å²) in [4.78, 5) is 2.03. The molecule has 0 aromatic heterocycles. The van der Waals surface area contributed by atoms with Gasteiger partial charge in [-0.1, -0.05) is 12.1 Å². The van der Waals surface area contributed by atoms with Gasteiger partial charge in [-0.3, -0.25) is 4.90 Å².